The first kappa shape index (κ1) is 13.2. The first-order valence-electron chi connectivity index (χ1n) is 6.45. The Morgan fingerprint density at radius 3 is 3.00 bits per heavy atom. The quantitative estimate of drug-likeness (QED) is 0.867. The molecule has 1 aliphatic rings. The minimum atomic E-state index is 0.0609. The summed E-state index contributed by atoms with van der Waals surface area (Å²) < 4.78 is 16.7. The van der Waals surface area contributed by atoms with Gasteiger partial charge in [-0.1, -0.05) is 13.0 Å². The van der Waals surface area contributed by atoms with Gasteiger partial charge >= 0.3 is 0 Å². The smallest absolute Gasteiger partial charge is 0.137 e. The highest BCUT2D eigenvalue weighted by Crippen LogP contribution is 2.22. The van der Waals surface area contributed by atoms with Crippen LogP contribution in [0.4, 0.5) is 0 Å². The van der Waals surface area contributed by atoms with E-state index in [9.17, 15) is 0 Å². The van der Waals surface area contributed by atoms with Gasteiger partial charge in [0.2, 0.25) is 0 Å². The minimum Gasteiger partial charge on any atom is -0.497 e. The molecule has 1 aliphatic heterocycles. The highest BCUT2D eigenvalue weighted by atomic mass is 16.5. The Morgan fingerprint density at radius 2 is 2.22 bits per heavy atom. The molecule has 1 aromatic carbocycles. The molecule has 0 amide bonds. The average molecular weight is 251 g/mol. The Kier molecular flexibility index (Phi) is 4.84. The fraction of sp³-hybridized carbons (Fsp3) is 0.571. The topological polar surface area (TPSA) is 39.7 Å². The number of benzene rings is 1. The van der Waals surface area contributed by atoms with Crippen LogP contribution in [0.15, 0.2) is 24.3 Å². The van der Waals surface area contributed by atoms with Crippen LogP contribution in [0.25, 0.3) is 0 Å². The van der Waals surface area contributed by atoms with Gasteiger partial charge in [0.25, 0.3) is 0 Å². The average Bonchev–Trinajstić information content (AvgIpc) is 2.41. The van der Waals surface area contributed by atoms with Gasteiger partial charge in [0.1, 0.15) is 17.6 Å². The van der Waals surface area contributed by atoms with E-state index < -0.39 is 0 Å². The van der Waals surface area contributed by atoms with Crippen LogP contribution in [0.2, 0.25) is 0 Å². The van der Waals surface area contributed by atoms with Gasteiger partial charge in [0.05, 0.1) is 13.7 Å². The predicted octanol–water partition coefficient (Wildman–Crippen LogP) is 1.84. The predicted molar refractivity (Wildman–Crippen MR) is 70.3 cm³/mol. The third kappa shape index (κ3) is 3.37. The molecule has 18 heavy (non-hydrogen) atoms. The van der Waals surface area contributed by atoms with Crippen molar-refractivity contribution >= 4 is 0 Å². The van der Waals surface area contributed by atoms with Gasteiger partial charge in [-0.15, -0.1) is 0 Å². The standard InChI is InChI=1S/C14H21NO3/c1-3-15-13-7-8-17-10-14(13)18-12-6-4-5-11(9-12)16-2/h4-6,9,13-15H,3,7-8,10H2,1-2H3. The second-order valence-electron chi connectivity index (χ2n) is 4.36. The van der Waals surface area contributed by atoms with E-state index in [1.807, 2.05) is 24.3 Å². The van der Waals surface area contributed by atoms with E-state index in [0.717, 1.165) is 31.1 Å². The van der Waals surface area contributed by atoms with Crippen molar-refractivity contribution in [2.45, 2.75) is 25.5 Å². The Balaban J connectivity index is 2.01. The molecule has 0 spiro atoms. The number of likely N-dealkylation sites (N-methyl/N-ethyl adjacent to an activating group) is 1. The number of nitrogens with one attached hydrogen (secondary N) is 1. The number of hydrogen-bond donors (Lipinski definition) is 1. The molecule has 0 aromatic heterocycles. The molecule has 0 aliphatic carbocycles. The van der Waals surface area contributed by atoms with Crippen LogP contribution in [0.5, 0.6) is 11.5 Å². The van der Waals surface area contributed by atoms with Gasteiger partial charge in [-0.05, 0) is 25.1 Å². The van der Waals surface area contributed by atoms with Crippen molar-refractivity contribution in [3.8, 4) is 11.5 Å². The maximum atomic E-state index is 6.00. The van der Waals surface area contributed by atoms with Crippen LogP contribution in [0, 0.1) is 0 Å². The normalized spacial score (nSPS) is 23.7. The molecular formula is C14H21NO3. The van der Waals surface area contributed by atoms with Crippen molar-refractivity contribution in [3.63, 3.8) is 0 Å². The molecule has 4 heteroatoms. The van der Waals surface area contributed by atoms with Crippen LogP contribution in [0.3, 0.4) is 0 Å². The highest BCUT2D eigenvalue weighted by molar-refractivity contribution is 5.33. The monoisotopic (exact) mass is 251 g/mol. The first-order chi connectivity index (χ1) is 8.83. The van der Waals surface area contributed by atoms with Crippen molar-refractivity contribution < 1.29 is 14.2 Å². The molecule has 0 saturated carbocycles. The zero-order valence-electron chi connectivity index (χ0n) is 11.0. The fourth-order valence-corrected chi connectivity index (χ4v) is 2.17. The van der Waals surface area contributed by atoms with Crippen LogP contribution < -0.4 is 14.8 Å². The SMILES string of the molecule is CCNC1CCOCC1Oc1cccc(OC)c1. The molecule has 0 bridgehead atoms. The second-order valence-corrected chi connectivity index (χ2v) is 4.36. The molecule has 1 N–H and O–H groups in total. The van der Waals surface area contributed by atoms with Crippen LogP contribution in [0.1, 0.15) is 13.3 Å². The van der Waals surface area contributed by atoms with Gasteiger partial charge in [0.15, 0.2) is 0 Å². The Morgan fingerprint density at radius 1 is 1.39 bits per heavy atom. The van der Waals surface area contributed by atoms with Gasteiger partial charge in [-0.25, -0.2) is 0 Å². The molecule has 2 rings (SSSR count). The number of methoxy groups -OCH3 is 1. The van der Waals surface area contributed by atoms with Crippen LogP contribution in [-0.4, -0.2) is 39.0 Å². The third-order valence-corrected chi connectivity index (χ3v) is 3.10. The summed E-state index contributed by atoms with van der Waals surface area (Å²) in [5, 5.41) is 3.45. The van der Waals surface area contributed by atoms with Crippen molar-refractivity contribution in [1.29, 1.82) is 0 Å². The largest absolute Gasteiger partial charge is 0.497 e. The molecule has 1 aromatic rings. The van der Waals surface area contributed by atoms with Crippen LogP contribution >= 0.6 is 0 Å². The Bertz CT molecular complexity index is 368. The van der Waals surface area contributed by atoms with Gasteiger partial charge in [-0.3, -0.25) is 0 Å². The van der Waals surface area contributed by atoms with Gasteiger partial charge < -0.3 is 19.5 Å². The fourth-order valence-electron chi connectivity index (χ4n) is 2.17. The Hall–Kier alpha value is -1.26. The summed E-state index contributed by atoms with van der Waals surface area (Å²) >= 11 is 0. The van der Waals surface area contributed by atoms with E-state index in [1.54, 1.807) is 7.11 Å². The third-order valence-electron chi connectivity index (χ3n) is 3.10. The Labute approximate surface area is 108 Å². The minimum absolute atomic E-state index is 0.0609. The lowest BCUT2D eigenvalue weighted by atomic mass is 10.1. The lowest BCUT2D eigenvalue weighted by molar-refractivity contribution is -0.0143. The molecular weight excluding hydrogens is 230 g/mol. The summed E-state index contributed by atoms with van der Waals surface area (Å²) in [7, 11) is 1.66. The molecule has 1 heterocycles. The second kappa shape index (κ2) is 6.61. The maximum absolute atomic E-state index is 6.00. The summed E-state index contributed by atoms with van der Waals surface area (Å²) in [5.74, 6) is 1.64. The van der Waals surface area contributed by atoms with Crippen molar-refractivity contribution in [2.75, 3.05) is 26.9 Å². The number of hydrogen-bond acceptors (Lipinski definition) is 4. The molecule has 2 unspecified atom stereocenters. The van der Waals surface area contributed by atoms with Crippen molar-refractivity contribution in [2.24, 2.45) is 0 Å². The van der Waals surface area contributed by atoms with E-state index in [-0.39, 0.29) is 6.10 Å². The van der Waals surface area contributed by atoms with Crippen molar-refractivity contribution in [1.82, 2.24) is 5.32 Å². The molecule has 0 radical (unpaired) electrons. The molecule has 1 fully saturated rings. The van der Waals surface area contributed by atoms with Gasteiger partial charge in [0, 0.05) is 18.7 Å². The summed E-state index contributed by atoms with van der Waals surface area (Å²) in [6, 6.07) is 8.04. The number of rotatable bonds is 5. The van der Waals surface area contributed by atoms with E-state index in [2.05, 4.69) is 12.2 Å². The van der Waals surface area contributed by atoms with E-state index >= 15 is 0 Å². The lowest BCUT2D eigenvalue weighted by Crippen LogP contribution is -2.49. The summed E-state index contributed by atoms with van der Waals surface area (Å²) in [6.07, 6.45) is 1.05. The molecule has 1 saturated heterocycles. The van der Waals surface area contributed by atoms with E-state index in [1.165, 1.54) is 0 Å². The highest BCUT2D eigenvalue weighted by Gasteiger charge is 2.26. The number of ether oxygens (including phenoxy) is 3. The zero-order chi connectivity index (χ0) is 12.8. The first-order valence-corrected chi connectivity index (χ1v) is 6.45. The maximum Gasteiger partial charge on any atom is 0.137 e. The zero-order valence-corrected chi connectivity index (χ0v) is 11.0. The van der Waals surface area contributed by atoms with Gasteiger partial charge in [-0.2, -0.15) is 0 Å². The summed E-state index contributed by atoms with van der Waals surface area (Å²) in [6.45, 7) is 4.49. The molecule has 100 valence electrons. The van der Waals surface area contributed by atoms with Crippen molar-refractivity contribution in [3.05, 3.63) is 24.3 Å². The molecule has 2 atom stereocenters. The summed E-state index contributed by atoms with van der Waals surface area (Å²) in [4.78, 5) is 0. The van der Waals surface area contributed by atoms with E-state index in [0.29, 0.717) is 12.6 Å². The summed E-state index contributed by atoms with van der Waals surface area (Å²) in [5.41, 5.74) is 0. The molecule has 4 nitrogen and oxygen atoms in total. The lowest BCUT2D eigenvalue weighted by Gasteiger charge is -2.32. The van der Waals surface area contributed by atoms with E-state index in [4.69, 9.17) is 14.2 Å². The van der Waals surface area contributed by atoms with Crippen LogP contribution in [-0.2, 0) is 4.74 Å².